The monoisotopic (exact) mass is 141 g/mol. The maximum Gasteiger partial charge on any atom is 0.142 e. The van der Waals surface area contributed by atoms with Crippen LogP contribution < -0.4 is 11.5 Å². The van der Waals surface area contributed by atoms with Crippen LogP contribution in [0.15, 0.2) is 6.33 Å². The van der Waals surface area contributed by atoms with Crippen molar-refractivity contribution in [1.82, 2.24) is 15.2 Å². The van der Waals surface area contributed by atoms with Crippen LogP contribution in [0.2, 0.25) is 0 Å². The van der Waals surface area contributed by atoms with E-state index in [-0.39, 0.29) is 12.1 Å². The standard InChI is InChI=1S/C5H11N5/c1-3(6)4(7)5-8-2-9-10-5/h2-4H,6-7H2,1H3,(H,8,9,10). The molecule has 1 rings (SSSR count). The minimum absolute atomic E-state index is 0.104. The number of H-pyrrole nitrogens is 1. The molecule has 0 saturated heterocycles. The summed E-state index contributed by atoms with van der Waals surface area (Å²) in [5, 5.41) is 6.31. The lowest BCUT2D eigenvalue weighted by molar-refractivity contribution is 0.560. The van der Waals surface area contributed by atoms with Crippen molar-refractivity contribution < 1.29 is 0 Å². The van der Waals surface area contributed by atoms with Gasteiger partial charge in [-0.3, -0.25) is 5.10 Å². The Kier molecular flexibility index (Phi) is 1.98. The van der Waals surface area contributed by atoms with Gasteiger partial charge in [-0.2, -0.15) is 5.10 Å². The first-order chi connectivity index (χ1) is 4.72. The summed E-state index contributed by atoms with van der Waals surface area (Å²) >= 11 is 0. The van der Waals surface area contributed by atoms with Crippen LogP contribution in [0, 0.1) is 0 Å². The second-order valence-electron chi connectivity index (χ2n) is 2.26. The topological polar surface area (TPSA) is 93.6 Å². The van der Waals surface area contributed by atoms with E-state index >= 15 is 0 Å². The molecular weight excluding hydrogens is 130 g/mol. The van der Waals surface area contributed by atoms with E-state index in [1.54, 1.807) is 0 Å². The van der Waals surface area contributed by atoms with Crippen molar-refractivity contribution in [3.63, 3.8) is 0 Å². The molecule has 5 N–H and O–H groups in total. The molecule has 56 valence electrons. The predicted molar refractivity (Wildman–Crippen MR) is 37.0 cm³/mol. The molecule has 0 saturated carbocycles. The first kappa shape index (κ1) is 7.17. The van der Waals surface area contributed by atoms with Crippen molar-refractivity contribution in [3.8, 4) is 0 Å². The zero-order valence-corrected chi connectivity index (χ0v) is 5.78. The van der Waals surface area contributed by atoms with Gasteiger partial charge in [-0.1, -0.05) is 0 Å². The number of nitrogens with one attached hydrogen (secondary N) is 1. The number of aromatic amines is 1. The highest BCUT2D eigenvalue weighted by atomic mass is 15.2. The van der Waals surface area contributed by atoms with Crippen LogP contribution in [0.3, 0.4) is 0 Å². The number of hydrogen-bond donors (Lipinski definition) is 3. The van der Waals surface area contributed by atoms with Gasteiger partial charge in [0, 0.05) is 6.04 Å². The predicted octanol–water partition coefficient (Wildman–Crippen LogP) is -0.848. The van der Waals surface area contributed by atoms with Gasteiger partial charge in [0.2, 0.25) is 0 Å². The second kappa shape index (κ2) is 2.76. The second-order valence-corrected chi connectivity index (χ2v) is 2.26. The number of nitrogens with two attached hydrogens (primary N) is 2. The van der Waals surface area contributed by atoms with Gasteiger partial charge >= 0.3 is 0 Å². The van der Waals surface area contributed by atoms with Gasteiger partial charge in [-0.25, -0.2) is 4.98 Å². The Morgan fingerprint density at radius 1 is 1.60 bits per heavy atom. The van der Waals surface area contributed by atoms with Crippen molar-refractivity contribution >= 4 is 0 Å². The fourth-order valence-corrected chi connectivity index (χ4v) is 0.625. The summed E-state index contributed by atoms with van der Waals surface area (Å²) in [5.41, 5.74) is 11.1. The Morgan fingerprint density at radius 3 is 2.70 bits per heavy atom. The van der Waals surface area contributed by atoms with Gasteiger partial charge in [-0.15, -0.1) is 0 Å². The lowest BCUT2D eigenvalue weighted by Gasteiger charge is -2.10. The van der Waals surface area contributed by atoms with Crippen LogP contribution in [-0.2, 0) is 0 Å². The first-order valence-corrected chi connectivity index (χ1v) is 3.08. The molecular formula is C5H11N5. The van der Waals surface area contributed by atoms with Gasteiger partial charge < -0.3 is 11.5 Å². The van der Waals surface area contributed by atoms with Crippen LogP contribution in [0.4, 0.5) is 0 Å². The zero-order chi connectivity index (χ0) is 7.56. The average Bonchev–Trinajstić information content (AvgIpc) is 2.36. The Bertz CT molecular complexity index is 180. The third kappa shape index (κ3) is 1.31. The highest BCUT2D eigenvalue weighted by Gasteiger charge is 2.12. The van der Waals surface area contributed by atoms with E-state index in [9.17, 15) is 0 Å². The minimum Gasteiger partial charge on any atom is -0.326 e. The molecule has 5 nitrogen and oxygen atoms in total. The number of aromatic nitrogens is 3. The fraction of sp³-hybridized carbons (Fsp3) is 0.600. The molecule has 1 aromatic heterocycles. The lowest BCUT2D eigenvalue weighted by atomic mass is 10.1. The largest absolute Gasteiger partial charge is 0.326 e. The molecule has 0 radical (unpaired) electrons. The van der Waals surface area contributed by atoms with Gasteiger partial charge in [0.1, 0.15) is 12.2 Å². The summed E-state index contributed by atoms with van der Waals surface area (Å²) in [6.45, 7) is 1.83. The number of hydrogen-bond acceptors (Lipinski definition) is 4. The van der Waals surface area contributed by atoms with E-state index in [1.165, 1.54) is 6.33 Å². The summed E-state index contributed by atoms with van der Waals surface area (Å²) in [6, 6.07) is -0.351. The Labute approximate surface area is 58.8 Å². The molecule has 0 fully saturated rings. The molecule has 0 bridgehead atoms. The Morgan fingerprint density at radius 2 is 2.30 bits per heavy atom. The van der Waals surface area contributed by atoms with Gasteiger partial charge in [-0.05, 0) is 6.92 Å². The normalized spacial score (nSPS) is 16.7. The van der Waals surface area contributed by atoms with E-state index < -0.39 is 0 Å². The van der Waals surface area contributed by atoms with Gasteiger partial charge in [0.25, 0.3) is 0 Å². The zero-order valence-electron chi connectivity index (χ0n) is 5.78. The van der Waals surface area contributed by atoms with Crippen molar-refractivity contribution in [3.05, 3.63) is 12.2 Å². The molecule has 0 spiro atoms. The third-order valence-electron chi connectivity index (χ3n) is 1.32. The molecule has 1 aromatic rings. The maximum absolute atomic E-state index is 5.62. The summed E-state index contributed by atoms with van der Waals surface area (Å²) in [7, 11) is 0. The van der Waals surface area contributed by atoms with E-state index in [1.807, 2.05) is 6.92 Å². The van der Waals surface area contributed by atoms with Crippen molar-refractivity contribution in [2.24, 2.45) is 11.5 Å². The van der Waals surface area contributed by atoms with E-state index in [0.717, 1.165) is 0 Å². The van der Waals surface area contributed by atoms with Crippen molar-refractivity contribution in [2.45, 2.75) is 19.0 Å². The van der Waals surface area contributed by atoms with Crippen LogP contribution in [-0.4, -0.2) is 21.2 Å². The van der Waals surface area contributed by atoms with Crippen molar-refractivity contribution in [2.75, 3.05) is 0 Å². The quantitative estimate of drug-likeness (QED) is 0.500. The number of nitrogens with zero attached hydrogens (tertiary/aromatic N) is 2. The maximum atomic E-state index is 5.62. The van der Waals surface area contributed by atoms with Crippen LogP contribution in [0.1, 0.15) is 18.8 Å². The summed E-state index contributed by atoms with van der Waals surface area (Å²) in [5.74, 6) is 0.634. The SMILES string of the molecule is CC(N)C(N)c1ncn[nH]1. The lowest BCUT2D eigenvalue weighted by Crippen LogP contribution is -2.31. The highest BCUT2D eigenvalue weighted by Crippen LogP contribution is 2.03. The Balaban J connectivity index is 2.68. The molecule has 2 atom stereocenters. The fourth-order valence-electron chi connectivity index (χ4n) is 0.625. The van der Waals surface area contributed by atoms with Gasteiger partial charge in [0.05, 0.1) is 6.04 Å². The van der Waals surface area contributed by atoms with Crippen LogP contribution in [0.25, 0.3) is 0 Å². The first-order valence-electron chi connectivity index (χ1n) is 3.08. The Hall–Kier alpha value is -0.940. The minimum atomic E-state index is -0.248. The molecule has 5 heteroatoms. The van der Waals surface area contributed by atoms with Crippen molar-refractivity contribution in [1.29, 1.82) is 0 Å². The van der Waals surface area contributed by atoms with E-state index in [4.69, 9.17) is 11.5 Å². The molecule has 1 heterocycles. The third-order valence-corrected chi connectivity index (χ3v) is 1.32. The molecule has 0 aromatic carbocycles. The smallest absolute Gasteiger partial charge is 0.142 e. The molecule has 0 aliphatic carbocycles. The van der Waals surface area contributed by atoms with E-state index in [2.05, 4.69) is 15.2 Å². The molecule has 0 amide bonds. The van der Waals surface area contributed by atoms with Gasteiger partial charge in [0.15, 0.2) is 0 Å². The van der Waals surface area contributed by atoms with Crippen LogP contribution >= 0.6 is 0 Å². The molecule has 10 heavy (non-hydrogen) atoms. The molecule has 0 aliphatic heterocycles. The summed E-state index contributed by atoms with van der Waals surface area (Å²) in [4.78, 5) is 3.87. The summed E-state index contributed by atoms with van der Waals surface area (Å²) in [6.07, 6.45) is 1.41. The number of rotatable bonds is 2. The van der Waals surface area contributed by atoms with Crippen LogP contribution in [0.5, 0.6) is 0 Å². The van der Waals surface area contributed by atoms with E-state index in [0.29, 0.717) is 5.82 Å². The highest BCUT2D eigenvalue weighted by molar-refractivity contribution is 4.93. The molecule has 2 unspecified atom stereocenters. The average molecular weight is 141 g/mol. The molecule has 0 aliphatic rings. The summed E-state index contributed by atoms with van der Waals surface area (Å²) < 4.78 is 0.